The highest BCUT2D eigenvalue weighted by molar-refractivity contribution is 5.72. The molecule has 60 valence electrons. The molecule has 0 fully saturated rings. The summed E-state index contributed by atoms with van der Waals surface area (Å²) in [5, 5.41) is 33.9. The molecule has 4 N–H and O–H groups in total. The van der Waals surface area contributed by atoms with Gasteiger partial charge in [0.15, 0.2) is 6.10 Å². The lowest BCUT2D eigenvalue weighted by Gasteiger charge is -2.15. The molecule has 0 aliphatic heterocycles. The van der Waals surface area contributed by atoms with Gasteiger partial charge in [-0.15, -0.1) is 0 Å². The lowest BCUT2D eigenvalue weighted by atomic mass is 10.1. The molecule has 0 aliphatic rings. The normalized spacial score (nSPS) is 19.6. The molecule has 0 aliphatic carbocycles. The third-order valence-electron chi connectivity index (χ3n) is 1.07. The highest BCUT2D eigenvalue weighted by Gasteiger charge is 2.26. The maximum atomic E-state index is 9.92. The van der Waals surface area contributed by atoms with Crippen molar-refractivity contribution in [1.29, 1.82) is 0 Å². The van der Waals surface area contributed by atoms with Gasteiger partial charge in [-0.2, -0.15) is 0 Å². The van der Waals surface area contributed by atoms with Crippen LogP contribution in [0.1, 0.15) is 6.92 Å². The fourth-order valence-corrected chi connectivity index (χ4v) is 0.410. The number of aliphatic carboxylic acids is 1. The summed E-state index contributed by atoms with van der Waals surface area (Å²) in [6.45, 7) is 1.19. The molecule has 0 amide bonds. The Balaban J connectivity index is 3.94. The van der Waals surface area contributed by atoms with Crippen molar-refractivity contribution in [3.8, 4) is 0 Å². The van der Waals surface area contributed by atoms with E-state index < -0.39 is 24.3 Å². The minimum absolute atomic E-state index is 1.19. The largest absolute Gasteiger partial charge is 0.479 e. The average Bonchev–Trinajstić information content (AvgIpc) is 1.84. The van der Waals surface area contributed by atoms with Crippen molar-refractivity contribution in [2.75, 3.05) is 0 Å². The maximum Gasteiger partial charge on any atom is 0.335 e. The standard InChI is InChI=1S/C5H10O5/c1-2(6)3(7)4(8)5(9)10/h2-4,6-8H,1H3,(H,9,10)/t2-,3+,4-/m1/s1. The van der Waals surface area contributed by atoms with Crippen molar-refractivity contribution in [1.82, 2.24) is 0 Å². The molecular formula is C5H10O5. The van der Waals surface area contributed by atoms with Gasteiger partial charge in [0.1, 0.15) is 6.10 Å². The van der Waals surface area contributed by atoms with Crippen LogP contribution in [0.25, 0.3) is 0 Å². The molecule has 0 saturated carbocycles. The number of rotatable bonds is 3. The van der Waals surface area contributed by atoms with E-state index in [-0.39, 0.29) is 0 Å². The molecule has 0 radical (unpaired) electrons. The third-order valence-corrected chi connectivity index (χ3v) is 1.07. The maximum absolute atomic E-state index is 9.92. The van der Waals surface area contributed by atoms with Crippen molar-refractivity contribution in [3.05, 3.63) is 0 Å². The van der Waals surface area contributed by atoms with Crippen LogP contribution in [0, 0.1) is 0 Å². The molecule has 0 aromatic heterocycles. The van der Waals surface area contributed by atoms with E-state index in [9.17, 15) is 4.79 Å². The Morgan fingerprint density at radius 1 is 1.30 bits per heavy atom. The molecule has 0 bridgehead atoms. The van der Waals surface area contributed by atoms with E-state index in [0.29, 0.717) is 0 Å². The zero-order valence-electron chi connectivity index (χ0n) is 5.43. The van der Waals surface area contributed by atoms with Crippen molar-refractivity contribution in [3.63, 3.8) is 0 Å². The Bertz CT molecular complexity index is 121. The summed E-state index contributed by atoms with van der Waals surface area (Å²) < 4.78 is 0. The first-order chi connectivity index (χ1) is 4.46. The lowest BCUT2D eigenvalue weighted by molar-refractivity contribution is -0.157. The van der Waals surface area contributed by atoms with Gasteiger partial charge in [-0.1, -0.05) is 0 Å². The molecule has 0 saturated heterocycles. The van der Waals surface area contributed by atoms with Crippen LogP contribution in [0.3, 0.4) is 0 Å². The molecule has 0 rings (SSSR count). The number of hydrogen-bond donors (Lipinski definition) is 4. The summed E-state index contributed by atoms with van der Waals surface area (Å²) in [5.74, 6) is -1.55. The van der Waals surface area contributed by atoms with Gasteiger partial charge >= 0.3 is 5.97 Å². The second kappa shape index (κ2) is 3.50. The average molecular weight is 150 g/mol. The number of hydrogen-bond acceptors (Lipinski definition) is 4. The van der Waals surface area contributed by atoms with Crippen molar-refractivity contribution < 1.29 is 25.2 Å². The van der Waals surface area contributed by atoms with Gasteiger partial charge in [0.05, 0.1) is 6.10 Å². The van der Waals surface area contributed by atoms with E-state index in [2.05, 4.69) is 0 Å². The van der Waals surface area contributed by atoms with Gasteiger partial charge in [-0.05, 0) is 6.92 Å². The number of aliphatic hydroxyl groups is 3. The Labute approximate surface area is 57.5 Å². The zero-order chi connectivity index (χ0) is 8.31. The molecule has 0 aromatic rings. The highest BCUT2D eigenvalue weighted by atomic mass is 16.4. The van der Waals surface area contributed by atoms with Gasteiger partial charge in [-0.3, -0.25) is 0 Å². The summed E-state index contributed by atoms with van der Waals surface area (Å²) in [5.41, 5.74) is 0. The minimum Gasteiger partial charge on any atom is -0.479 e. The molecule has 3 atom stereocenters. The van der Waals surface area contributed by atoms with Crippen LogP contribution in [0.2, 0.25) is 0 Å². The molecule has 0 heterocycles. The first kappa shape index (κ1) is 9.35. The summed E-state index contributed by atoms with van der Waals surface area (Å²) in [6.07, 6.45) is -4.79. The SMILES string of the molecule is C[C@@H](O)[C@H](O)[C@@H](O)C(=O)O. The van der Waals surface area contributed by atoms with Crippen LogP contribution in [0.5, 0.6) is 0 Å². The Hall–Kier alpha value is -0.650. The second-order valence-corrected chi connectivity index (χ2v) is 2.01. The fraction of sp³-hybridized carbons (Fsp3) is 0.800. The van der Waals surface area contributed by atoms with Crippen LogP contribution in [-0.2, 0) is 4.79 Å². The number of carboxylic acid groups (broad SMARTS) is 1. The molecule has 10 heavy (non-hydrogen) atoms. The Morgan fingerprint density at radius 3 is 1.80 bits per heavy atom. The molecule has 5 nitrogen and oxygen atoms in total. The van der Waals surface area contributed by atoms with Crippen LogP contribution in [-0.4, -0.2) is 44.7 Å². The third kappa shape index (κ3) is 2.30. The monoisotopic (exact) mass is 150 g/mol. The second-order valence-electron chi connectivity index (χ2n) is 2.01. The number of carbonyl (C=O) groups is 1. The fourth-order valence-electron chi connectivity index (χ4n) is 0.410. The summed E-state index contributed by atoms with van der Waals surface area (Å²) in [6, 6.07) is 0. The predicted molar refractivity (Wildman–Crippen MR) is 31.3 cm³/mol. The highest BCUT2D eigenvalue weighted by Crippen LogP contribution is 1.98. The van der Waals surface area contributed by atoms with Crippen LogP contribution in [0.15, 0.2) is 0 Å². The smallest absolute Gasteiger partial charge is 0.335 e. The van der Waals surface area contributed by atoms with E-state index in [1.807, 2.05) is 0 Å². The molecule has 0 aromatic carbocycles. The lowest BCUT2D eigenvalue weighted by Crippen LogP contribution is -2.40. The quantitative estimate of drug-likeness (QED) is 0.379. The molecule has 5 heteroatoms. The van der Waals surface area contributed by atoms with E-state index in [1.165, 1.54) is 6.92 Å². The molecular weight excluding hydrogens is 140 g/mol. The number of aliphatic hydroxyl groups excluding tert-OH is 3. The predicted octanol–water partition coefficient (Wildman–Crippen LogP) is -1.83. The van der Waals surface area contributed by atoms with Crippen LogP contribution < -0.4 is 0 Å². The Morgan fingerprint density at radius 2 is 1.70 bits per heavy atom. The van der Waals surface area contributed by atoms with E-state index in [4.69, 9.17) is 20.4 Å². The minimum atomic E-state index is -1.92. The summed E-state index contributed by atoms with van der Waals surface area (Å²) in [7, 11) is 0. The van der Waals surface area contributed by atoms with Gasteiger partial charge in [0.2, 0.25) is 0 Å². The summed E-state index contributed by atoms with van der Waals surface area (Å²) >= 11 is 0. The van der Waals surface area contributed by atoms with Crippen molar-refractivity contribution >= 4 is 5.97 Å². The first-order valence-corrected chi connectivity index (χ1v) is 2.74. The van der Waals surface area contributed by atoms with E-state index in [1.54, 1.807) is 0 Å². The van der Waals surface area contributed by atoms with Crippen molar-refractivity contribution in [2.24, 2.45) is 0 Å². The Kier molecular flexibility index (Phi) is 3.27. The van der Waals surface area contributed by atoms with Crippen LogP contribution in [0.4, 0.5) is 0 Å². The van der Waals surface area contributed by atoms with Crippen molar-refractivity contribution in [2.45, 2.75) is 25.2 Å². The first-order valence-electron chi connectivity index (χ1n) is 2.74. The van der Waals surface area contributed by atoms with Gasteiger partial charge < -0.3 is 20.4 Å². The van der Waals surface area contributed by atoms with E-state index in [0.717, 1.165) is 0 Å². The molecule has 0 unspecified atom stereocenters. The zero-order valence-corrected chi connectivity index (χ0v) is 5.43. The van der Waals surface area contributed by atoms with Gasteiger partial charge in [-0.25, -0.2) is 4.79 Å². The molecule has 0 spiro atoms. The topological polar surface area (TPSA) is 98.0 Å². The van der Waals surface area contributed by atoms with Gasteiger partial charge in [0.25, 0.3) is 0 Å². The number of carboxylic acids is 1. The van der Waals surface area contributed by atoms with E-state index >= 15 is 0 Å². The van der Waals surface area contributed by atoms with Crippen LogP contribution >= 0.6 is 0 Å². The van der Waals surface area contributed by atoms with Gasteiger partial charge in [0, 0.05) is 0 Å². The summed E-state index contributed by atoms with van der Waals surface area (Å²) in [4.78, 5) is 9.92.